The molecule has 2 amide bonds. The molecule has 9 heteroatoms. The summed E-state index contributed by atoms with van der Waals surface area (Å²) in [4.78, 5) is 56.1. The van der Waals surface area contributed by atoms with Crippen LogP contribution < -0.4 is 4.90 Å². The highest BCUT2D eigenvalue weighted by molar-refractivity contribution is 9.10. The molecule has 3 atom stereocenters. The highest BCUT2D eigenvalue weighted by Crippen LogP contribution is 2.58. The maximum atomic E-state index is 13.9. The molecule has 2 saturated heterocycles. The van der Waals surface area contributed by atoms with Crippen molar-refractivity contribution in [2.24, 2.45) is 11.8 Å². The van der Waals surface area contributed by atoms with Gasteiger partial charge in [-0.1, -0.05) is 81.6 Å². The van der Waals surface area contributed by atoms with E-state index in [1.54, 1.807) is 42.5 Å². The van der Waals surface area contributed by atoms with E-state index >= 15 is 0 Å². The predicted octanol–water partition coefficient (Wildman–Crippen LogP) is 5.45. The number of imide groups is 1. The molecule has 3 aromatic rings. The van der Waals surface area contributed by atoms with Crippen LogP contribution in [0.3, 0.4) is 0 Å². The van der Waals surface area contributed by atoms with Gasteiger partial charge >= 0.3 is 0 Å². The number of ketones is 2. The van der Waals surface area contributed by atoms with Crippen molar-refractivity contribution in [1.29, 1.82) is 0 Å². The number of benzene rings is 3. The number of halogens is 3. The average molecular weight is 571 g/mol. The van der Waals surface area contributed by atoms with Gasteiger partial charge in [0, 0.05) is 15.6 Å². The first-order valence-electron chi connectivity index (χ1n) is 10.7. The van der Waals surface area contributed by atoms with Gasteiger partial charge in [0.25, 0.3) is 0 Å². The van der Waals surface area contributed by atoms with Crippen molar-refractivity contribution in [3.8, 4) is 0 Å². The van der Waals surface area contributed by atoms with Crippen molar-refractivity contribution in [2.45, 2.75) is 11.7 Å². The molecule has 0 unspecified atom stereocenters. The van der Waals surface area contributed by atoms with E-state index in [1.807, 2.05) is 0 Å². The van der Waals surface area contributed by atoms with Crippen molar-refractivity contribution in [3.05, 3.63) is 97.9 Å². The fraction of sp³-hybridized carbons (Fsp3) is 0.154. The number of hydrogen-bond donors (Lipinski definition) is 0. The fourth-order valence-corrected chi connectivity index (χ4v) is 6.02. The average Bonchev–Trinajstić information content (AvgIpc) is 3.42. The summed E-state index contributed by atoms with van der Waals surface area (Å²) in [5, 5.41) is 0.191. The summed E-state index contributed by atoms with van der Waals surface area (Å²) < 4.78 is 7.05. The van der Waals surface area contributed by atoms with E-state index < -0.39 is 46.9 Å². The van der Waals surface area contributed by atoms with Gasteiger partial charge in [-0.15, -0.1) is 0 Å². The predicted molar refractivity (Wildman–Crippen MR) is 132 cm³/mol. The Morgan fingerprint density at radius 3 is 2.06 bits per heavy atom. The van der Waals surface area contributed by atoms with Gasteiger partial charge in [-0.3, -0.25) is 19.2 Å². The first-order valence-corrected chi connectivity index (χ1v) is 12.3. The first-order chi connectivity index (χ1) is 16.8. The number of ether oxygens (including phenoxy) is 1. The Bertz CT molecular complexity index is 1440. The molecule has 3 aromatic carbocycles. The van der Waals surface area contributed by atoms with Crippen LogP contribution in [-0.4, -0.2) is 29.0 Å². The van der Waals surface area contributed by atoms with Gasteiger partial charge in [-0.2, -0.15) is 0 Å². The highest BCUT2D eigenvalue weighted by Gasteiger charge is 2.74. The lowest BCUT2D eigenvalue weighted by atomic mass is 9.77. The number of carbonyl (C=O) groups excluding carboxylic acids is 4. The lowest BCUT2D eigenvalue weighted by molar-refractivity contribution is -0.127. The van der Waals surface area contributed by atoms with Crippen LogP contribution in [0.15, 0.2) is 71.2 Å². The van der Waals surface area contributed by atoms with Gasteiger partial charge in [-0.25, -0.2) is 4.90 Å². The molecule has 0 radical (unpaired) electrons. The zero-order chi connectivity index (χ0) is 24.6. The zero-order valence-corrected chi connectivity index (χ0v) is 20.8. The van der Waals surface area contributed by atoms with E-state index in [9.17, 15) is 19.2 Å². The van der Waals surface area contributed by atoms with Crippen LogP contribution in [0, 0.1) is 11.8 Å². The van der Waals surface area contributed by atoms with Gasteiger partial charge < -0.3 is 4.74 Å². The zero-order valence-electron chi connectivity index (χ0n) is 17.7. The Morgan fingerprint density at radius 1 is 0.800 bits per heavy atom. The third-order valence-electron chi connectivity index (χ3n) is 6.89. The molecule has 0 aromatic heterocycles. The highest BCUT2D eigenvalue weighted by atomic mass is 79.9. The van der Waals surface area contributed by atoms with E-state index in [0.717, 1.165) is 9.37 Å². The number of amides is 2. The molecule has 1 aliphatic carbocycles. The van der Waals surface area contributed by atoms with E-state index in [2.05, 4.69) is 15.9 Å². The van der Waals surface area contributed by atoms with Crippen LogP contribution in [0.4, 0.5) is 5.69 Å². The molecule has 0 saturated carbocycles. The molecule has 2 fully saturated rings. The summed E-state index contributed by atoms with van der Waals surface area (Å²) >= 11 is 15.9. The van der Waals surface area contributed by atoms with Crippen LogP contribution >= 0.6 is 39.1 Å². The maximum Gasteiger partial charge on any atom is 0.241 e. The minimum Gasteiger partial charge on any atom is -0.349 e. The monoisotopic (exact) mass is 569 g/mol. The van der Waals surface area contributed by atoms with Crippen molar-refractivity contribution in [2.75, 3.05) is 4.90 Å². The number of anilines is 1. The van der Waals surface area contributed by atoms with Gasteiger partial charge in [-0.05, 0) is 29.8 Å². The van der Waals surface area contributed by atoms with E-state index in [0.29, 0.717) is 5.56 Å². The van der Waals surface area contributed by atoms with Crippen molar-refractivity contribution in [1.82, 2.24) is 0 Å². The van der Waals surface area contributed by atoms with Gasteiger partial charge in [0.15, 0.2) is 0 Å². The molecule has 2 heterocycles. The quantitative estimate of drug-likeness (QED) is 0.302. The van der Waals surface area contributed by atoms with E-state index in [4.69, 9.17) is 27.9 Å². The third-order valence-corrected chi connectivity index (χ3v) is 8.23. The van der Waals surface area contributed by atoms with Crippen molar-refractivity contribution < 1.29 is 23.9 Å². The minimum atomic E-state index is -2.14. The van der Waals surface area contributed by atoms with Crippen LogP contribution in [0.5, 0.6) is 0 Å². The molecular formula is C26H14BrCl2NO5. The Hall–Kier alpha value is -2.84. The Labute approximate surface area is 217 Å². The van der Waals surface area contributed by atoms with Gasteiger partial charge in [0.1, 0.15) is 0 Å². The topological polar surface area (TPSA) is 80.8 Å². The van der Waals surface area contributed by atoms with Crippen LogP contribution in [0.25, 0.3) is 0 Å². The summed E-state index contributed by atoms with van der Waals surface area (Å²) in [6.07, 6.45) is -1.00. The summed E-state index contributed by atoms with van der Waals surface area (Å²) in [6, 6.07) is 17.9. The Morgan fingerprint density at radius 2 is 1.43 bits per heavy atom. The lowest BCUT2D eigenvalue weighted by Crippen LogP contribution is -2.51. The molecule has 1 spiro atoms. The minimum absolute atomic E-state index is 0.0263. The van der Waals surface area contributed by atoms with Crippen LogP contribution in [0.1, 0.15) is 32.4 Å². The molecule has 0 bridgehead atoms. The molecule has 0 N–H and O–H groups in total. The number of Topliss-reactive ketones (excluding diaryl/α,β-unsaturated/α-hetero) is 2. The summed E-state index contributed by atoms with van der Waals surface area (Å²) in [5.41, 5.74) is -1.13. The standard InChI is InChI=1S/C26H14BrCl2NO5/c27-13-10-8-12(9-11-13)21-18-19(25(34)30(24(18)33)17-7-3-6-16(28)20(17)29)26(35-21)22(31)14-4-1-2-5-15(14)23(26)32/h1-11,18-19,21H/t18-,19-,21-/m0/s1. The number of rotatable bonds is 2. The molecule has 3 aliphatic rings. The van der Waals surface area contributed by atoms with Crippen molar-refractivity contribution >= 4 is 68.2 Å². The SMILES string of the molecule is O=C1[C@H]2[C@@H](C(=O)N1c1cccc(Cl)c1Cl)C1(O[C@H]2c2ccc(Br)cc2)C(=O)c2ccccc2C1=O. The van der Waals surface area contributed by atoms with Crippen molar-refractivity contribution in [3.63, 3.8) is 0 Å². The molecule has 6 rings (SSSR count). The van der Waals surface area contributed by atoms with E-state index in [1.165, 1.54) is 24.3 Å². The van der Waals surface area contributed by atoms with Gasteiger partial charge in [0.2, 0.25) is 29.0 Å². The number of nitrogens with zero attached hydrogens (tertiary/aromatic N) is 1. The Kier molecular flexibility index (Phi) is 5.06. The fourth-order valence-electron chi connectivity index (χ4n) is 5.37. The molecular weight excluding hydrogens is 557 g/mol. The number of hydrogen-bond acceptors (Lipinski definition) is 5. The molecule has 174 valence electrons. The molecule has 35 heavy (non-hydrogen) atoms. The Balaban J connectivity index is 1.56. The number of fused-ring (bicyclic) bond motifs is 3. The van der Waals surface area contributed by atoms with Crippen LogP contribution in [-0.2, 0) is 14.3 Å². The molecule has 6 nitrogen and oxygen atoms in total. The summed E-state index contributed by atoms with van der Waals surface area (Å²) in [5.74, 6) is -5.03. The van der Waals surface area contributed by atoms with E-state index in [-0.39, 0.29) is 26.9 Å². The third kappa shape index (κ3) is 2.93. The largest absolute Gasteiger partial charge is 0.349 e. The van der Waals surface area contributed by atoms with Gasteiger partial charge in [0.05, 0.1) is 33.7 Å². The second kappa shape index (κ2) is 7.83. The number of carbonyl (C=O) groups is 4. The first kappa shape index (κ1) is 22.6. The smallest absolute Gasteiger partial charge is 0.241 e. The summed E-state index contributed by atoms with van der Waals surface area (Å²) in [7, 11) is 0. The maximum absolute atomic E-state index is 13.9. The second-order valence-electron chi connectivity index (χ2n) is 8.62. The normalized spacial score (nSPS) is 24.4. The molecule has 2 aliphatic heterocycles. The summed E-state index contributed by atoms with van der Waals surface area (Å²) in [6.45, 7) is 0. The lowest BCUT2D eigenvalue weighted by Gasteiger charge is -2.27. The second-order valence-corrected chi connectivity index (χ2v) is 10.3. The van der Waals surface area contributed by atoms with Crippen LogP contribution in [0.2, 0.25) is 10.0 Å².